The van der Waals surface area contributed by atoms with Crippen molar-refractivity contribution in [3.63, 3.8) is 0 Å². The minimum Gasteiger partial charge on any atom is -0.383 e. The summed E-state index contributed by atoms with van der Waals surface area (Å²) in [5.74, 6) is 3.45. The van der Waals surface area contributed by atoms with Crippen LogP contribution in [0, 0.1) is 0 Å². The third-order valence-electron chi connectivity index (χ3n) is 5.52. The zero-order valence-corrected chi connectivity index (χ0v) is 20.7. The Bertz CT molecular complexity index is 1270. The fourth-order valence-electron chi connectivity index (χ4n) is 3.54. The van der Waals surface area contributed by atoms with Crippen LogP contribution >= 0.6 is 0 Å². The Balaban J connectivity index is 0.00000235. The van der Waals surface area contributed by atoms with Gasteiger partial charge in [0.25, 0.3) is 5.91 Å². The van der Waals surface area contributed by atoms with Crippen LogP contribution in [0.2, 0.25) is 0 Å². The molecule has 1 aliphatic carbocycles. The number of primary amides is 1. The van der Waals surface area contributed by atoms with Crippen molar-refractivity contribution in [2.75, 3.05) is 0 Å². The fraction of sp³-hybridized carbons (Fsp3) is 0.320. The highest BCUT2D eigenvalue weighted by molar-refractivity contribution is 5.99. The Hall–Kier alpha value is -3.77. The average molecular weight is 523 g/mol. The summed E-state index contributed by atoms with van der Waals surface area (Å²) in [5, 5.41) is 14.7. The summed E-state index contributed by atoms with van der Waals surface area (Å²) in [7, 11) is 0. The summed E-state index contributed by atoms with van der Waals surface area (Å²) in [6.45, 7) is 4.93. The van der Waals surface area contributed by atoms with Crippen molar-refractivity contribution in [1.29, 1.82) is 0 Å². The Labute approximate surface area is 211 Å². The number of allylic oxidation sites excluding steroid dienone is 6. The van der Waals surface area contributed by atoms with Gasteiger partial charge in [0.05, 0.1) is 12.1 Å². The number of pyridine rings is 1. The van der Waals surface area contributed by atoms with Gasteiger partial charge >= 0.3 is 6.18 Å². The molecule has 1 unspecified atom stereocenters. The average Bonchev–Trinajstić information content (AvgIpc) is 3.07. The number of hydrazine groups is 1. The van der Waals surface area contributed by atoms with Crippen molar-refractivity contribution in [1.82, 2.24) is 10.1 Å². The lowest BCUT2D eigenvalue weighted by atomic mass is 9.96. The van der Waals surface area contributed by atoms with Gasteiger partial charge in [-0.05, 0) is 53.8 Å². The van der Waals surface area contributed by atoms with Crippen molar-refractivity contribution < 1.29 is 27.5 Å². The molecule has 2 aromatic rings. The van der Waals surface area contributed by atoms with Gasteiger partial charge in [0.1, 0.15) is 11.5 Å². The first-order valence-electron chi connectivity index (χ1n) is 11.5. The molecule has 1 atom stereocenters. The molecule has 8 nitrogen and oxygen atoms in total. The summed E-state index contributed by atoms with van der Waals surface area (Å²) in [6.07, 6.45) is 0.483. The van der Waals surface area contributed by atoms with E-state index in [1.165, 1.54) is 18.2 Å². The fourth-order valence-corrected chi connectivity index (χ4v) is 3.54. The molecule has 1 aromatic carbocycles. The largest absolute Gasteiger partial charge is 0.424 e. The molecule has 0 aliphatic heterocycles. The van der Waals surface area contributed by atoms with Gasteiger partial charge in [-0.25, -0.2) is 20.3 Å². The number of amides is 1. The molecule has 3 rings (SSSR count). The Morgan fingerprint density at radius 2 is 1.86 bits per heavy atom. The number of aromatic nitrogens is 1. The molecule has 0 spiro atoms. The minimum atomic E-state index is -5.04. The third-order valence-corrected chi connectivity index (χ3v) is 5.52. The number of halogens is 4. The number of hydrazone groups is 1. The second kappa shape index (κ2) is 12.0. The maximum Gasteiger partial charge on any atom is 0.424 e. The first kappa shape index (κ1) is 29.5. The van der Waals surface area contributed by atoms with Crippen LogP contribution in [0.1, 0.15) is 55.2 Å². The molecule has 200 valence electrons. The van der Waals surface area contributed by atoms with E-state index < -0.39 is 35.8 Å². The number of amidine groups is 1. The number of aliphatic hydroxyl groups is 1. The van der Waals surface area contributed by atoms with Crippen molar-refractivity contribution in [2.45, 2.75) is 51.9 Å². The number of carbonyl (C=O) groups is 1. The molecule has 1 amide bonds. The van der Waals surface area contributed by atoms with E-state index in [9.17, 15) is 27.5 Å². The Morgan fingerprint density at radius 3 is 2.46 bits per heavy atom. The van der Waals surface area contributed by atoms with Crippen molar-refractivity contribution >= 4 is 28.2 Å². The highest BCUT2D eigenvalue weighted by Gasteiger charge is 2.56. The maximum atomic E-state index is 13.6. The van der Waals surface area contributed by atoms with E-state index in [0.29, 0.717) is 33.6 Å². The number of nitrogens with zero attached hydrogens (tertiary/aromatic N) is 3. The molecule has 12 heteroatoms. The van der Waals surface area contributed by atoms with Gasteiger partial charge < -0.3 is 16.6 Å². The van der Waals surface area contributed by atoms with E-state index in [0.717, 1.165) is 12.5 Å². The molecular formula is C25H30F4N6O2. The quantitative estimate of drug-likeness (QED) is 0.141. The zero-order valence-electron chi connectivity index (χ0n) is 20.7. The van der Waals surface area contributed by atoms with Crippen LogP contribution in [0.4, 0.5) is 17.6 Å². The van der Waals surface area contributed by atoms with Crippen LogP contribution in [0.25, 0.3) is 16.5 Å². The second-order valence-corrected chi connectivity index (χ2v) is 7.92. The number of benzene rings is 1. The number of fused-ring (bicyclic) bond motifs is 1. The van der Waals surface area contributed by atoms with Gasteiger partial charge in [-0.2, -0.15) is 13.2 Å². The molecule has 0 radical (unpaired) electrons. The van der Waals surface area contributed by atoms with E-state index in [-0.39, 0.29) is 12.2 Å². The Kier molecular flexibility index (Phi) is 9.54. The number of rotatable bonds is 7. The van der Waals surface area contributed by atoms with Crippen LogP contribution in [-0.2, 0) is 6.54 Å². The standard InChI is InChI=1S/C23H24F4N6O2.C2H6/c1-2-22(35,23(25,26)27)21(29)32-33(30)12-13-6-9-16-17(14-4-3-5-15(24)8-7-14)11-19(20(28)34)31-18(16)10-13;1-2/h3,5-11,35H,2,4,12,30H2,1H3,(H2,28,34)(H2,29,32);1-2H3. The van der Waals surface area contributed by atoms with E-state index >= 15 is 0 Å². The number of hydrogen-bond donors (Lipinski definition) is 4. The first-order chi connectivity index (χ1) is 17.4. The number of hydrogen-bond acceptors (Lipinski definition) is 6. The lowest BCUT2D eigenvalue weighted by molar-refractivity contribution is -0.232. The monoisotopic (exact) mass is 522 g/mol. The molecule has 0 saturated heterocycles. The van der Waals surface area contributed by atoms with Crippen molar-refractivity contribution in [3.8, 4) is 0 Å². The first-order valence-corrected chi connectivity index (χ1v) is 11.5. The Morgan fingerprint density at radius 1 is 1.19 bits per heavy atom. The van der Waals surface area contributed by atoms with Gasteiger partial charge in [0, 0.05) is 5.39 Å². The molecule has 0 fully saturated rings. The molecule has 1 aliphatic rings. The van der Waals surface area contributed by atoms with Gasteiger partial charge in [-0.3, -0.25) is 4.79 Å². The van der Waals surface area contributed by atoms with Crippen molar-refractivity contribution in [3.05, 3.63) is 71.2 Å². The number of carbonyl (C=O) groups excluding carboxylic acids is 1. The molecule has 1 heterocycles. The topological polar surface area (TPSA) is 144 Å². The zero-order chi connectivity index (χ0) is 28.0. The molecule has 0 bridgehead atoms. The van der Waals surface area contributed by atoms with Crippen LogP contribution in [-0.4, -0.2) is 38.7 Å². The third kappa shape index (κ3) is 6.71. The summed E-state index contributed by atoms with van der Waals surface area (Å²) in [4.78, 5) is 16.1. The molecular weight excluding hydrogens is 492 g/mol. The minimum absolute atomic E-state index is 0.0201. The predicted octanol–water partition coefficient (Wildman–Crippen LogP) is 4.21. The molecule has 1 aromatic heterocycles. The second-order valence-electron chi connectivity index (χ2n) is 7.92. The van der Waals surface area contributed by atoms with E-state index in [1.54, 1.807) is 30.4 Å². The van der Waals surface area contributed by atoms with Gasteiger partial charge in [0.2, 0.25) is 5.60 Å². The molecule has 7 N–H and O–H groups in total. The SMILES string of the molecule is CC.CCC(O)(/C(N)=N/N(N)Cc1ccc2c(C3=CC=C(F)C=CC3)cc(C(N)=O)nc2c1)C(F)(F)F. The van der Waals surface area contributed by atoms with Gasteiger partial charge in [-0.15, -0.1) is 5.10 Å². The number of alkyl halides is 3. The number of nitrogens with two attached hydrogens (primary N) is 3. The highest BCUT2D eigenvalue weighted by atomic mass is 19.4. The van der Waals surface area contributed by atoms with Crippen LogP contribution < -0.4 is 17.3 Å². The van der Waals surface area contributed by atoms with Gasteiger partial charge in [-0.1, -0.05) is 45.1 Å². The van der Waals surface area contributed by atoms with E-state index in [2.05, 4.69) is 10.1 Å². The summed E-state index contributed by atoms with van der Waals surface area (Å²) in [6, 6.07) is 6.41. The lowest BCUT2D eigenvalue weighted by Gasteiger charge is -2.29. The predicted molar refractivity (Wildman–Crippen MR) is 135 cm³/mol. The van der Waals surface area contributed by atoms with Crippen LogP contribution in [0.5, 0.6) is 0 Å². The van der Waals surface area contributed by atoms with Crippen molar-refractivity contribution in [2.24, 2.45) is 22.4 Å². The smallest absolute Gasteiger partial charge is 0.383 e. The summed E-state index contributed by atoms with van der Waals surface area (Å²) in [5.41, 5.74) is 9.70. The van der Waals surface area contributed by atoms with Crippen LogP contribution in [0.3, 0.4) is 0 Å². The highest BCUT2D eigenvalue weighted by Crippen LogP contribution is 2.33. The molecule has 37 heavy (non-hydrogen) atoms. The van der Waals surface area contributed by atoms with E-state index in [1.807, 2.05) is 13.8 Å². The van der Waals surface area contributed by atoms with Crippen LogP contribution in [0.15, 0.2) is 59.5 Å². The maximum absolute atomic E-state index is 13.6. The molecule has 0 saturated carbocycles. The van der Waals surface area contributed by atoms with Gasteiger partial charge in [0.15, 0.2) is 5.84 Å². The normalized spacial score (nSPS) is 15.6. The lowest BCUT2D eigenvalue weighted by Crippen LogP contribution is -2.56. The van der Waals surface area contributed by atoms with E-state index in [4.69, 9.17) is 17.3 Å². The summed E-state index contributed by atoms with van der Waals surface area (Å²) >= 11 is 0. The summed E-state index contributed by atoms with van der Waals surface area (Å²) < 4.78 is 53.2.